The van der Waals surface area contributed by atoms with Crippen LogP contribution in [-0.2, 0) is 6.54 Å². The van der Waals surface area contributed by atoms with Gasteiger partial charge in [0.1, 0.15) is 0 Å². The van der Waals surface area contributed by atoms with Crippen LogP contribution in [0.2, 0.25) is 0 Å². The van der Waals surface area contributed by atoms with Gasteiger partial charge in [-0.2, -0.15) is 0 Å². The van der Waals surface area contributed by atoms with E-state index in [2.05, 4.69) is 56.8 Å². The quantitative estimate of drug-likeness (QED) is 0.634. The van der Waals surface area contributed by atoms with E-state index in [4.69, 9.17) is 0 Å². The van der Waals surface area contributed by atoms with Crippen molar-refractivity contribution in [1.82, 2.24) is 4.57 Å². The number of aromatic nitrogens is 1. The molecule has 0 radical (unpaired) electrons. The molecule has 0 aliphatic carbocycles. The Kier molecular flexibility index (Phi) is 2.61. The minimum Gasteiger partial charge on any atom is -0.354 e. The van der Waals surface area contributed by atoms with Crippen LogP contribution in [0.4, 0.5) is 0 Å². The van der Waals surface area contributed by atoms with Crippen LogP contribution < -0.4 is 0 Å². The lowest BCUT2D eigenvalue weighted by Gasteiger charge is -2.27. The van der Waals surface area contributed by atoms with Gasteiger partial charge < -0.3 is 4.57 Å². The summed E-state index contributed by atoms with van der Waals surface area (Å²) < 4.78 is 2.25. The van der Waals surface area contributed by atoms with Gasteiger partial charge in [0.2, 0.25) is 0 Å². The van der Waals surface area contributed by atoms with Crippen LogP contribution in [0.15, 0.2) is 24.5 Å². The molecule has 0 spiro atoms. The van der Waals surface area contributed by atoms with Gasteiger partial charge in [0.25, 0.3) is 0 Å². The molecule has 0 aliphatic heterocycles. The van der Waals surface area contributed by atoms with Crippen LogP contribution in [0, 0.1) is 11.3 Å². The third-order valence-electron chi connectivity index (χ3n) is 2.63. The van der Waals surface area contributed by atoms with E-state index in [1.54, 1.807) is 0 Å². The summed E-state index contributed by atoms with van der Waals surface area (Å²) in [7, 11) is 0. The Morgan fingerprint density at radius 3 is 2.08 bits per heavy atom. The first-order chi connectivity index (χ1) is 5.50. The molecular weight excluding hydrogens is 146 g/mol. The van der Waals surface area contributed by atoms with Gasteiger partial charge in [0.15, 0.2) is 0 Å². The number of hydrogen-bond donors (Lipinski definition) is 0. The summed E-state index contributed by atoms with van der Waals surface area (Å²) in [6.07, 6.45) is 4.25. The lowest BCUT2D eigenvalue weighted by molar-refractivity contribution is 0.233. The Labute approximate surface area is 75.4 Å². The predicted octanol–water partition coefficient (Wildman–Crippen LogP) is 3.17. The normalized spacial score (nSPS) is 14.7. The Hall–Kier alpha value is -0.720. The van der Waals surface area contributed by atoms with Crippen LogP contribution in [0.3, 0.4) is 0 Å². The Balaban J connectivity index is 2.53. The molecule has 0 fully saturated rings. The highest BCUT2D eigenvalue weighted by Crippen LogP contribution is 2.26. The molecule has 0 amide bonds. The summed E-state index contributed by atoms with van der Waals surface area (Å²) in [6.45, 7) is 10.3. The zero-order valence-electron chi connectivity index (χ0n) is 8.54. The maximum absolute atomic E-state index is 2.31. The second kappa shape index (κ2) is 3.34. The fourth-order valence-electron chi connectivity index (χ4n) is 1.08. The molecule has 1 heterocycles. The van der Waals surface area contributed by atoms with Gasteiger partial charge >= 0.3 is 0 Å². The van der Waals surface area contributed by atoms with E-state index in [1.165, 1.54) is 0 Å². The first-order valence-electron chi connectivity index (χ1n) is 4.61. The molecule has 1 heteroatoms. The van der Waals surface area contributed by atoms with Crippen molar-refractivity contribution in [2.75, 3.05) is 0 Å². The summed E-state index contributed by atoms with van der Waals surface area (Å²) in [5, 5.41) is 0. The summed E-state index contributed by atoms with van der Waals surface area (Å²) >= 11 is 0. The predicted molar refractivity (Wildman–Crippen MR) is 53.1 cm³/mol. The molecule has 0 N–H and O–H groups in total. The average Bonchev–Trinajstić information content (AvgIpc) is 2.37. The highest BCUT2D eigenvalue weighted by molar-refractivity contribution is 4.91. The molecule has 0 saturated carbocycles. The molecular formula is C11H19N. The molecule has 1 nitrogen and oxygen atoms in total. The first-order valence-corrected chi connectivity index (χ1v) is 4.61. The van der Waals surface area contributed by atoms with Crippen LogP contribution in [-0.4, -0.2) is 4.57 Å². The van der Waals surface area contributed by atoms with Crippen molar-refractivity contribution < 1.29 is 0 Å². The zero-order chi connectivity index (χ0) is 9.19. The fourth-order valence-corrected chi connectivity index (χ4v) is 1.08. The second-order valence-electron chi connectivity index (χ2n) is 4.65. The van der Waals surface area contributed by atoms with Gasteiger partial charge in [-0.3, -0.25) is 0 Å². The molecule has 0 aromatic carbocycles. The van der Waals surface area contributed by atoms with Gasteiger partial charge in [-0.25, -0.2) is 0 Å². The number of nitrogens with zero attached hydrogens (tertiary/aromatic N) is 1. The van der Waals surface area contributed by atoms with Crippen LogP contribution in [0.5, 0.6) is 0 Å². The highest BCUT2D eigenvalue weighted by atomic mass is 14.9. The molecule has 68 valence electrons. The summed E-state index contributed by atoms with van der Waals surface area (Å²) in [5.74, 6) is 0.713. The monoisotopic (exact) mass is 165 g/mol. The molecule has 0 aliphatic rings. The maximum Gasteiger partial charge on any atom is 0.0250 e. The van der Waals surface area contributed by atoms with E-state index in [0.29, 0.717) is 11.3 Å². The molecule has 0 bridgehead atoms. The lowest BCUT2D eigenvalue weighted by atomic mass is 9.82. The van der Waals surface area contributed by atoms with Crippen molar-refractivity contribution in [2.24, 2.45) is 11.3 Å². The molecule has 12 heavy (non-hydrogen) atoms. The molecule has 1 aromatic heterocycles. The molecule has 1 atom stereocenters. The highest BCUT2D eigenvalue weighted by Gasteiger charge is 2.19. The molecule has 0 saturated heterocycles. The minimum absolute atomic E-state index is 0.407. The fraction of sp³-hybridized carbons (Fsp3) is 0.636. The summed E-state index contributed by atoms with van der Waals surface area (Å²) in [4.78, 5) is 0. The first kappa shape index (κ1) is 9.37. The molecule has 1 rings (SSSR count). The van der Waals surface area contributed by atoms with Gasteiger partial charge in [-0.15, -0.1) is 0 Å². The third-order valence-corrected chi connectivity index (χ3v) is 2.63. The van der Waals surface area contributed by atoms with Crippen LogP contribution >= 0.6 is 0 Å². The number of rotatable bonds is 2. The maximum atomic E-state index is 2.31. The van der Waals surface area contributed by atoms with Crippen molar-refractivity contribution in [3.8, 4) is 0 Å². The smallest absolute Gasteiger partial charge is 0.0250 e. The van der Waals surface area contributed by atoms with E-state index < -0.39 is 0 Å². The molecule has 1 aromatic rings. The second-order valence-corrected chi connectivity index (χ2v) is 4.65. The van der Waals surface area contributed by atoms with Crippen molar-refractivity contribution in [1.29, 1.82) is 0 Å². The third kappa shape index (κ3) is 2.40. The van der Waals surface area contributed by atoms with E-state index in [0.717, 1.165) is 6.54 Å². The van der Waals surface area contributed by atoms with Crippen LogP contribution in [0.1, 0.15) is 27.7 Å². The standard InChI is InChI=1S/C11H19N/c1-10(11(2,3)4)9-12-7-5-6-8-12/h5-8,10H,9H2,1-4H3. The van der Waals surface area contributed by atoms with Crippen molar-refractivity contribution in [3.05, 3.63) is 24.5 Å². The van der Waals surface area contributed by atoms with Crippen molar-refractivity contribution in [3.63, 3.8) is 0 Å². The summed E-state index contributed by atoms with van der Waals surface area (Å²) in [6, 6.07) is 4.16. The van der Waals surface area contributed by atoms with E-state index in [-0.39, 0.29) is 0 Å². The van der Waals surface area contributed by atoms with Gasteiger partial charge in [0.05, 0.1) is 0 Å². The van der Waals surface area contributed by atoms with E-state index in [9.17, 15) is 0 Å². The minimum atomic E-state index is 0.407. The SMILES string of the molecule is CC(Cn1cccc1)C(C)(C)C. The van der Waals surface area contributed by atoms with Gasteiger partial charge in [0, 0.05) is 18.9 Å². The summed E-state index contributed by atoms with van der Waals surface area (Å²) in [5.41, 5.74) is 0.407. The lowest BCUT2D eigenvalue weighted by Crippen LogP contribution is -2.21. The van der Waals surface area contributed by atoms with Gasteiger partial charge in [-0.1, -0.05) is 27.7 Å². The molecule has 1 unspecified atom stereocenters. The van der Waals surface area contributed by atoms with Crippen LogP contribution in [0.25, 0.3) is 0 Å². The van der Waals surface area contributed by atoms with E-state index in [1.807, 2.05) is 0 Å². The van der Waals surface area contributed by atoms with E-state index >= 15 is 0 Å². The Morgan fingerprint density at radius 1 is 1.17 bits per heavy atom. The van der Waals surface area contributed by atoms with Crippen molar-refractivity contribution in [2.45, 2.75) is 34.2 Å². The Bertz CT molecular complexity index is 216. The average molecular weight is 165 g/mol. The topological polar surface area (TPSA) is 4.93 Å². The van der Waals surface area contributed by atoms with Gasteiger partial charge in [-0.05, 0) is 23.5 Å². The Morgan fingerprint density at radius 2 is 1.67 bits per heavy atom. The zero-order valence-corrected chi connectivity index (χ0v) is 8.54. The van der Waals surface area contributed by atoms with Crippen molar-refractivity contribution >= 4 is 0 Å². The number of hydrogen-bond acceptors (Lipinski definition) is 0. The largest absolute Gasteiger partial charge is 0.354 e.